The van der Waals surface area contributed by atoms with Crippen molar-refractivity contribution in [1.29, 1.82) is 0 Å². The highest BCUT2D eigenvalue weighted by atomic mass is 35.5. The largest absolute Gasteiger partial charge is 0.487 e. The molecule has 2 heterocycles. The number of hydrogen-bond acceptors (Lipinski definition) is 5. The van der Waals surface area contributed by atoms with E-state index in [0.29, 0.717) is 41.1 Å². The topological polar surface area (TPSA) is 83.1 Å². The van der Waals surface area contributed by atoms with Gasteiger partial charge < -0.3 is 20.1 Å². The summed E-state index contributed by atoms with van der Waals surface area (Å²) in [6.45, 7) is 0.309. The van der Waals surface area contributed by atoms with Crippen LogP contribution in [0.3, 0.4) is 0 Å². The standard InChI is InChI=1S/C27H23ClN4O2/c28-20-12-7-13-22(15-20)34-17-21-16-23-26(29-21)31-25(19-10-5-2-6-11-19)32-27(23)30-24(33)14-18-8-3-1-4-9-18/h1-13,15-16,24,33H,14,17H2,(H2,29,30,31,32)/t24-/m1/s1. The van der Waals surface area contributed by atoms with Gasteiger partial charge >= 0.3 is 0 Å². The first kappa shape index (κ1) is 21.9. The number of aromatic nitrogens is 3. The van der Waals surface area contributed by atoms with Crippen molar-refractivity contribution in [3.8, 4) is 17.1 Å². The van der Waals surface area contributed by atoms with E-state index in [9.17, 15) is 5.11 Å². The first-order valence-electron chi connectivity index (χ1n) is 11.0. The van der Waals surface area contributed by atoms with Gasteiger partial charge in [-0.2, -0.15) is 0 Å². The number of nitrogens with zero attached hydrogens (tertiary/aromatic N) is 2. The molecule has 1 atom stereocenters. The molecule has 170 valence electrons. The van der Waals surface area contributed by atoms with E-state index in [4.69, 9.17) is 26.3 Å². The summed E-state index contributed by atoms with van der Waals surface area (Å²) in [5.41, 5.74) is 3.40. The normalized spacial score (nSPS) is 11.9. The van der Waals surface area contributed by atoms with Crippen molar-refractivity contribution in [3.05, 3.63) is 107 Å². The van der Waals surface area contributed by atoms with Gasteiger partial charge in [-0.15, -0.1) is 0 Å². The Balaban J connectivity index is 1.45. The van der Waals surface area contributed by atoms with Crippen LogP contribution in [0, 0.1) is 0 Å². The Morgan fingerprint density at radius 1 is 0.912 bits per heavy atom. The minimum atomic E-state index is -0.815. The Hall–Kier alpha value is -3.87. The van der Waals surface area contributed by atoms with Crippen LogP contribution in [0.2, 0.25) is 5.02 Å². The summed E-state index contributed by atoms with van der Waals surface area (Å²) in [7, 11) is 0. The summed E-state index contributed by atoms with van der Waals surface area (Å²) in [5, 5.41) is 15.3. The number of hydrogen-bond donors (Lipinski definition) is 3. The first-order valence-corrected chi connectivity index (χ1v) is 11.3. The Kier molecular flexibility index (Phi) is 6.42. The fourth-order valence-electron chi connectivity index (χ4n) is 3.73. The summed E-state index contributed by atoms with van der Waals surface area (Å²) >= 11 is 6.06. The Bertz CT molecular complexity index is 1390. The van der Waals surface area contributed by atoms with Crippen molar-refractivity contribution in [2.45, 2.75) is 19.3 Å². The third kappa shape index (κ3) is 5.20. The van der Waals surface area contributed by atoms with Gasteiger partial charge in [0.1, 0.15) is 30.0 Å². The van der Waals surface area contributed by atoms with Crippen LogP contribution in [0.15, 0.2) is 91.0 Å². The lowest BCUT2D eigenvalue weighted by atomic mass is 10.1. The number of aliphatic hydroxyl groups excluding tert-OH is 1. The van der Waals surface area contributed by atoms with Crippen LogP contribution in [0.5, 0.6) is 5.75 Å². The van der Waals surface area contributed by atoms with Crippen LogP contribution < -0.4 is 10.1 Å². The van der Waals surface area contributed by atoms with Crippen molar-refractivity contribution in [3.63, 3.8) is 0 Å². The number of aromatic amines is 1. The maximum absolute atomic E-state index is 10.7. The van der Waals surface area contributed by atoms with Gasteiger partial charge in [-0.05, 0) is 29.8 Å². The molecule has 7 heteroatoms. The number of ether oxygens (including phenoxy) is 1. The second-order valence-electron chi connectivity index (χ2n) is 7.91. The van der Waals surface area contributed by atoms with Crippen LogP contribution >= 0.6 is 11.6 Å². The lowest BCUT2D eigenvalue weighted by Gasteiger charge is -2.15. The number of nitrogens with one attached hydrogen (secondary N) is 2. The zero-order chi connectivity index (χ0) is 23.3. The van der Waals surface area contributed by atoms with Gasteiger partial charge in [0.2, 0.25) is 0 Å². The molecule has 0 aliphatic rings. The summed E-state index contributed by atoms with van der Waals surface area (Å²) in [4.78, 5) is 12.8. The summed E-state index contributed by atoms with van der Waals surface area (Å²) in [6, 6.07) is 28.8. The number of rotatable bonds is 8. The van der Waals surface area contributed by atoms with Gasteiger partial charge in [0.25, 0.3) is 0 Å². The summed E-state index contributed by atoms with van der Waals surface area (Å²) in [5.74, 6) is 1.79. The highest BCUT2D eigenvalue weighted by Gasteiger charge is 2.15. The molecule has 3 N–H and O–H groups in total. The molecule has 2 aromatic heterocycles. The molecular formula is C27H23ClN4O2. The highest BCUT2D eigenvalue weighted by molar-refractivity contribution is 6.30. The lowest BCUT2D eigenvalue weighted by Crippen LogP contribution is -2.22. The number of halogens is 1. The van der Waals surface area contributed by atoms with Crippen molar-refractivity contribution < 1.29 is 9.84 Å². The van der Waals surface area contributed by atoms with Crippen molar-refractivity contribution in [2.24, 2.45) is 0 Å². The molecule has 5 rings (SSSR count). The Morgan fingerprint density at radius 3 is 2.44 bits per heavy atom. The van der Waals surface area contributed by atoms with Gasteiger partial charge in [0.05, 0.1) is 11.1 Å². The molecule has 6 nitrogen and oxygen atoms in total. The average Bonchev–Trinajstić information content (AvgIpc) is 3.27. The van der Waals surface area contributed by atoms with E-state index < -0.39 is 6.23 Å². The van der Waals surface area contributed by atoms with Gasteiger partial charge in [-0.1, -0.05) is 78.3 Å². The lowest BCUT2D eigenvalue weighted by molar-refractivity contribution is 0.204. The zero-order valence-electron chi connectivity index (χ0n) is 18.3. The zero-order valence-corrected chi connectivity index (χ0v) is 19.0. The number of H-pyrrole nitrogens is 1. The monoisotopic (exact) mass is 470 g/mol. The van der Waals surface area contributed by atoms with Crippen molar-refractivity contribution >= 4 is 28.5 Å². The Labute approximate surface area is 202 Å². The predicted molar refractivity (Wildman–Crippen MR) is 135 cm³/mol. The number of aliphatic hydroxyl groups is 1. The molecule has 3 aromatic carbocycles. The SMILES string of the molecule is O[C@H](Cc1ccccc1)Nc1nc(-c2ccccc2)nc2[nH]c(COc3cccc(Cl)c3)cc12. The van der Waals surface area contributed by atoms with Crippen LogP contribution in [0.1, 0.15) is 11.3 Å². The van der Waals surface area contributed by atoms with Crippen LogP contribution in [0.25, 0.3) is 22.4 Å². The minimum absolute atomic E-state index is 0.309. The first-order chi connectivity index (χ1) is 16.6. The molecule has 0 aliphatic carbocycles. The van der Waals surface area contributed by atoms with Crippen molar-refractivity contribution in [1.82, 2.24) is 15.0 Å². The molecule has 0 radical (unpaired) electrons. The molecule has 0 spiro atoms. The van der Waals surface area contributed by atoms with E-state index in [1.807, 2.05) is 78.9 Å². The fraction of sp³-hybridized carbons (Fsp3) is 0.111. The van der Waals surface area contributed by atoms with E-state index in [1.54, 1.807) is 12.1 Å². The highest BCUT2D eigenvalue weighted by Crippen LogP contribution is 2.27. The van der Waals surface area contributed by atoms with E-state index in [1.165, 1.54) is 0 Å². The van der Waals surface area contributed by atoms with Crippen molar-refractivity contribution in [2.75, 3.05) is 5.32 Å². The predicted octanol–water partition coefficient (Wildman–Crippen LogP) is 5.83. The molecule has 0 unspecified atom stereocenters. The number of fused-ring (bicyclic) bond motifs is 1. The van der Waals surface area contributed by atoms with Gasteiger partial charge in [0, 0.05) is 17.0 Å². The van der Waals surface area contributed by atoms with E-state index in [0.717, 1.165) is 22.2 Å². The fourth-order valence-corrected chi connectivity index (χ4v) is 3.91. The third-order valence-corrected chi connectivity index (χ3v) is 5.58. The quantitative estimate of drug-likeness (QED) is 0.248. The molecule has 0 bridgehead atoms. The molecule has 0 saturated heterocycles. The maximum Gasteiger partial charge on any atom is 0.163 e. The minimum Gasteiger partial charge on any atom is -0.487 e. The molecule has 0 fully saturated rings. The van der Waals surface area contributed by atoms with E-state index in [2.05, 4.69) is 10.3 Å². The second kappa shape index (κ2) is 9.95. The Morgan fingerprint density at radius 2 is 1.68 bits per heavy atom. The van der Waals surface area contributed by atoms with Crippen LogP contribution in [-0.4, -0.2) is 26.3 Å². The smallest absolute Gasteiger partial charge is 0.163 e. The van der Waals surface area contributed by atoms with E-state index in [-0.39, 0.29) is 0 Å². The number of anilines is 1. The van der Waals surface area contributed by atoms with Gasteiger partial charge in [0.15, 0.2) is 5.82 Å². The third-order valence-electron chi connectivity index (χ3n) is 5.34. The molecule has 0 amide bonds. The van der Waals surface area contributed by atoms with Gasteiger partial charge in [-0.3, -0.25) is 0 Å². The molecule has 5 aromatic rings. The van der Waals surface area contributed by atoms with Crippen LogP contribution in [-0.2, 0) is 13.0 Å². The summed E-state index contributed by atoms with van der Waals surface area (Å²) < 4.78 is 5.88. The molecular weight excluding hydrogens is 448 g/mol. The second-order valence-corrected chi connectivity index (χ2v) is 8.35. The number of benzene rings is 3. The average molecular weight is 471 g/mol. The summed E-state index contributed by atoms with van der Waals surface area (Å²) in [6.07, 6.45) is -0.368. The van der Waals surface area contributed by atoms with Crippen LogP contribution in [0.4, 0.5) is 5.82 Å². The molecule has 0 aliphatic heterocycles. The molecule has 34 heavy (non-hydrogen) atoms. The van der Waals surface area contributed by atoms with Gasteiger partial charge in [-0.25, -0.2) is 9.97 Å². The maximum atomic E-state index is 10.7. The van der Waals surface area contributed by atoms with E-state index >= 15 is 0 Å². The molecule has 0 saturated carbocycles.